The van der Waals surface area contributed by atoms with Crippen molar-refractivity contribution in [1.82, 2.24) is 19.6 Å². The third-order valence-electron chi connectivity index (χ3n) is 4.18. The first-order valence-corrected chi connectivity index (χ1v) is 7.76. The number of halogens is 1. The molecule has 0 spiro atoms. The van der Waals surface area contributed by atoms with E-state index in [4.69, 9.17) is 0 Å². The average Bonchev–Trinajstić information content (AvgIpc) is 2.95. The van der Waals surface area contributed by atoms with Gasteiger partial charge in [0.05, 0.1) is 11.7 Å². The minimum atomic E-state index is -0.177. The van der Waals surface area contributed by atoms with Gasteiger partial charge in [-0.15, -0.1) is 0 Å². The zero-order valence-corrected chi connectivity index (χ0v) is 13.2. The third-order valence-corrected chi connectivity index (χ3v) is 4.18. The van der Waals surface area contributed by atoms with Gasteiger partial charge >= 0.3 is 0 Å². The summed E-state index contributed by atoms with van der Waals surface area (Å²) in [5.74, 6) is -0.177. The second-order valence-corrected chi connectivity index (χ2v) is 6.31. The summed E-state index contributed by atoms with van der Waals surface area (Å²) in [7, 11) is 4.20. The molecular weight excluding hydrogens is 279 g/mol. The first kappa shape index (κ1) is 15.2. The van der Waals surface area contributed by atoms with Crippen LogP contribution in [0.1, 0.15) is 23.7 Å². The second kappa shape index (κ2) is 6.58. The van der Waals surface area contributed by atoms with Gasteiger partial charge in [-0.3, -0.25) is 9.58 Å². The Hall–Kier alpha value is -1.72. The van der Waals surface area contributed by atoms with Crippen LogP contribution in [0.4, 0.5) is 4.39 Å². The van der Waals surface area contributed by atoms with Crippen LogP contribution in [-0.2, 0) is 13.1 Å². The minimum absolute atomic E-state index is 0.177. The van der Waals surface area contributed by atoms with Crippen molar-refractivity contribution in [2.75, 3.05) is 27.2 Å². The average molecular weight is 302 g/mol. The molecule has 0 N–H and O–H groups in total. The molecule has 1 aliphatic rings. The predicted octanol–water partition coefficient (Wildman–Crippen LogP) is 2.53. The van der Waals surface area contributed by atoms with Crippen LogP contribution in [0.5, 0.6) is 0 Å². The van der Waals surface area contributed by atoms with Gasteiger partial charge in [-0.2, -0.15) is 5.10 Å². The van der Waals surface area contributed by atoms with Gasteiger partial charge in [0, 0.05) is 25.8 Å². The Morgan fingerprint density at radius 1 is 1.23 bits per heavy atom. The topological polar surface area (TPSA) is 24.3 Å². The van der Waals surface area contributed by atoms with E-state index >= 15 is 0 Å². The maximum absolute atomic E-state index is 13.0. The molecule has 2 aromatic rings. The van der Waals surface area contributed by atoms with Gasteiger partial charge < -0.3 is 4.90 Å². The zero-order valence-electron chi connectivity index (χ0n) is 13.2. The molecule has 0 radical (unpaired) electrons. The highest BCUT2D eigenvalue weighted by atomic mass is 19.1. The standard InChI is InChI=1S/C17H23FN4/c1-20(2)10-8-17-13-21(12-16-7-9-19-22(16)17)11-14-3-5-15(18)6-4-14/h3-7,9,17H,8,10-13H2,1-2H3. The quantitative estimate of drug-likeness (QED) is 0.848. The first-order valence-electron chi connectivity index (χ1n) is 7.76. The highest BCUT2D eigenvalue weighted by Gasteiger charge is 2.25. The van der Waals surface area contributed by atoms with Crippen LogP contribution >= 0.6 is 0 Å². The molecule has 2 heterocycles. The van der Waals surface area contributed by atoms with Crippen LogP contribution < -0.4 is 0 Å². The monoisotopic (exact) mass is 302 g/mol. The Bertz CT molecular complexity index is 605. The number of rotatable bonds is 5. The van der Waals surface area contributed by atoms with E-state index in [-0.39, 0.29) is 5.82 Å². The van der Waals surface area contributed by atoms with Crippen molar-refractivity contribution >= 4 is 0 Å². The van der Waals surface area contributed by atoms with Gasteiger partial charge in [0.25, 0.3) is 0 Å². The Labute approximate surface area is 131 Å². The highest BCUT2D eigenvalue weighted by Crippen LogP contribution is 2.24. The Morgan fingerprint density at radius 3 is 2.73 bits per heavy atom. The highest BCUT2D eigenvalue weighted by molar-refractivity contribution is 5.16. The molecule has 1 unspecified atom stereocenters. The minimum Gasteiger partial charge on any atom is -0.309 e. The van der Waals surface area contributed by atoms with E-state index < -0.39 is 0 Å². The number of benzene rings is 1. The maximum Gasteiger partial charge on any atom is 0.123 e. The van der Waals surface area contributed by atoms with Gasteiger partial charge in [-0.25, -0.2) is 4.39 Å². The van der Waals surface area contributed by atoms with Crippen molar-refractivity contribution in [3.05, 3.63) is 53.6 Å². The number of nitrogens with zero attached hydrogens (tertiary/aromatic N) is 4. The summed E-state index contributed by atoms with van der Waals surface area (Å²) in [6.07, 6.45) is 2.97. The third kappa shape index (κ3) is 3.54. The van der Waals surface area contributed by atoms with E-state index in [1.807, 2.05) is 18.3 Å². The molecule has 5 heteroatoms. The lowest BCUT2D eigenvalue weighted by atomic mass is 10.1. The van der Waals surface area contributed by atoms with Gasteiger partial charge in [0.2, 0.25) is 0 Å². The van der Waals surface area contributed by atoms with Crippen LogP contribution in [0, 0.1) is 5.82 Å². The Balaban J connectivity index is 1.70. The molecule has 22 heavy (non-hydrogen) atoms. The van der Waals surface area contributed by atoms with Gasteiger partial charge in [-0.1, -0.05) is 12.1 Å². The molecule has 118 valence electrons. The summed E-state index contributed by atoms with van der Waals surface area (Å²) in [4.78, 5) is 4.63. The first-order chi connectivity index (χ1) is 10.6. The summed E-state index contributed by atoms with van der Waals surface area (Å²) in [6.45, 7) is 3.79. The van der Waals surface area contributed by atoms with Crippen molar-refractivity contribution in [1.29, 1.82) is 0 Å². The largest absolute Gasteiger partial charge is 0.309 e. The molecule has 0 saturated carbocycles. The van der Waals surface area contributed by atoms with Crippen molar-refractivity contribution in [2.24, 2.45) is 0 Å². The Morgan fingerprint density at radius 2 is 2.00 bits per heavy atom. The molecule has 0 saturated heterocycles. The molecule has 0 bridgehead atoms. The lowest BCUT2D eigenvalue weighted by Crippen LogP contribution is -2.38. The van der Waals surface area contributed by atoms with Crippen LogP contribution in [0.15, 0.2) is 36.5 Å². The molecule has 1 atom stereocenters. The maximum atomic E-state index is 13.0. The molecule has 1 aliphatic heterocycles. The summed E-state index contributed by atoms with van der Waals surface area (Å²) >= 11 is 0. The smallest absolute Gasteiger partial charge is 0.123 e. The van der Waals surface area contributed by atoms with E-state index in [0.29, 0.717) is 6.04 Å². The van der Waals surface area contributed by atoms with Crippen LogP contribution in [0.2, 0.25) is 0 Å². The fraction of sp³-hybridized carbons (Fsp3) is 0.471. The predicted molar refractivity (Wildman–Crippen MR) is 84.9 cm³/mol. The summed E-state index contributed by atoms with van der Waals surface area (Å²) in [5, 5.41) is 4.49. The molecule has 4 nitrogen and oxygen atoms in total. The number of hydrogen-bond acceptors (Lipinski definition) is 3. The molecule has 0 aliphatic carbocycles. The molecule has 1 aromatic heterocycles. The number of aromatic nitrogens is 2. The number of fused-ring (bicyclic) bond motifs is 1. The van der Waals surface area contributed by atoms with E-state index in [9.17, 15) is 4.39 Å². The van der Waals surface area contributed by atoms with Crippen molar-refractivity contribution < 1.29 is 4.39 Å². The van der Waals surface area contributed by atoms with E-state index in [0.717, 1.165) is 38.2 Å². The lowest BCUT2D eigenvalue weighted by Gasteiger charge is -2.34. The molecule has 0 fully saturated rings. The molecular formula is C17H23FN4. The molecule has 1 aromatic carbocycles. The zero-order chi connectivity index (χ0) is 15.5. The van der Waals surface area contributed by atoms with Crippen LogP contribution in [-0.4, -0.2) is 46.8 Å². The lowest BCUT2D eigenvalue weighted by molar-refractivity contribution is 0.155. The van der Waals surface area contributed by atoms with Crippen LogP contribution in [0.3, 0.4) is 0 Å². The van der Waals surface area contributed by atoms with Crippen molar-refractivity contribution in [3.63, 3.8) is 0 Å². The summed E-state index contributed by atoms with van der Waals surface area (Å²) in [6, 6.07) is 9.31. The van der Waals surface area contributed by atoms with E-state index in [2.05, 4.69) is 39.7 Å². The van der Waals surface area contributed by atoms with Gasteiger partial charge in [0.1, 0.15) is 5.82 Å². The SMILES string of the molecule is CN(C)CCC1CN(Cc2ccc(F)cc2)Cc2ccnn21. The summed E-state index contributed by atoms with van der Waals surface area (Å²) in [5.41, 5.74) is 2.41. The molecule has 0 amide bonds. The fourth-order valence-corrected chi connectivity index (χ4v) is 3.05. The summed E-state index contributed by atoms with van der Waals surface area (Å²) < 4.78 is 15.2. The van der Waals surface area contributed by atoms with E-state index in [1.165, 1.54) is 17.8 Å². The Kier molecular flexibility index (Phi) is 4.55. The normalized spacial score (nSPS) is 18.6. The molecule has 3 rings (SSSR count). The fourth-order valence-electron chi connectivity index (χ4n) is 3.05. The second-order valence-electron chi connectivity index (χ2n) is 6.31. The van der Waals surface area contributed by atoms with Crippen LogP contribution in [0.25, 0.3) is 0 Å². The van der Waals surface area contributed by atoms with Crippen molar-refractivity contribution in [3.8, 4) is 0 Å². The van der Waals surface area contributed by atoms with Gasteiger partial charge in [-0.05, 0) is 50.8 Å². The number of hydrogen-bond donors (Lipinski definition) is 0. The van der Waals surface area contributed by atoms with E-state index in [1.54, 1.807) is 0 Å². The van der Waals surface area contributed by atoms with Gasteiger partial charge in [0.15, 0.2) is 0 Å². The van der Waals surface area contributed by atoms with Crippen molar-refractivity contribution in [2.45, 2.75) is 25.6 Å².